The van der Waals surface area contributed by atoms with Crippen molar-refractivity contribution in [2.45, 2.75) is 44.0 Å². The Hall–Kier alpha value is -4.04. The number of hydrogen-bond acceptors (Lipinski definition) is 11. The first-order valence-electron chi connectivity index (χ1n) is 12.2. The van der Waals surface area contributed by atoms with Crippen LogP contribution >= 0.6 is 0 Å². The Bertz CT molecular complexity index is 1540. The summed E-state index contributed by atoms with van der Waals surface area (Å²) in [5.41, 5.74) is 1.61. The summed E-state index contributed by atoms with van der Waals surface area (Å²) < 4.78 is 53.6. The molecule has 1 fully saturated rings. The maximum absolute atomic E-state index is 13.7. The summed E-state index contributed by atoms with van der Waals surface area (Å²) in [6, 6.07) is 6.98. The van der Waals surface area contributed by atoms with Crippen LogP contribution in [0.1, 0.15) is 48.9 Å². The fourth-order valence-corrected chi connectivity index (χ4v) is 5.31. The van der Waals surface area contributed by atoms with Crippen LogP contribution in [0.25, 0.3) is 17.2 Å². The van der Waals surface area contributed by atoms with Crippen molar-refractivity contribution in [1.29, 1.82) is 0 Å². The van der Waals surface area contributed by atoms with Crippen molar-refractivity contribution >= 4 is 16.0 Å². The Morgan fingerprint density at radius 2 is 1.74 bits per heavy atom. The number of benzene rings is 1. The molecule has 1 aromatic carbocycles. The van der Waals surface area contributed by atoms with Gasteiger partial charge in [0.2, 0.25) is 16.0 Å². The highest BCUT2D eigenvalue weighted by Gasteiger charge is 2.36. The monoisotopic (exact) mass is 555 g/mol. The zero-order valence-corrected chi connectivity index (χ0v) is 23.0. The minimum atomic E-state index is -4.12. The number of methoxy groups -OCH3 is 3. The van der Waals surface area contributed by atoms with Crippen LogP contribution in [0.15, 0.2) is 41.2 Å². The lowest BCUT2D eigenvalue weighted by Gasteiger charge is -2.22. The third-order valence-corrected chi connectivity index (χ3v) is 8.18. The molecule has 1 aliphatic rings. The number of anilines is 1. The molecular weight excluding hydrogens is 526 g/mol. The first-order chi connectivity index (χ1) is 18.8. The molecule has 0 amide bonds. The summed E-state index contributed by atoms with van der Waals surface area (Å²) in [6.45, 7) is 3.34. The molecule has 1 aliphatic carbocycles. The highest BCUT2D eigenvalue weighted by atomic mass is 32.2. The molecule has 1 unspecified atom stereocenters. The molecule has 14 heteroatoms. The van der Waals surface area contributed by atoms with Crippen LogP contribution in [-0.4, -0.2) is 64.9 Å². The van der Waals surface area contributed by atoms with Crippen LogP contribution in [0.5, 0.6) is 11.5 Å². The van der Waals surface area contributed by atoms with E-state index < -0.39 is 21.4 Å². The molecule has 0 radical (unpaired) electrons. The van der Waals surface area contributed by atoms with E-state index in [1.807, 2.05) is 6.92 Å². The normalized spacial score (nSPS) is 15.1. The van der Waals surface area contributed by atoms with Crippen LogP contribution in [0.4, 0.5) is 5.95 Å². The summed E-state index contributed by atoms with van der Waals surface area (Å²) in [5.74, 6) is 2.24. The van der Waals surface area contributed by atoms with E-state index >= 15 is 0 Å². The van der Waals surface area contributed by atoms with Crippen LogP contribution in [-0.2, 0) is 14.8 Å². The molecule has 0 aliphatic heterocycles. The molecule has 0 spiro atoms. The minimum Gasteiger partial charge on any atom is -0.494 e. The minimum absolute atomic E-state index is 0.102. The van der Waals surface area contributed by atoms with Crippen molar-refractivity contribution < 1.29 is 27.2 Å². The number of rotatable bonds is 11. The summed E-state index contributed by atoms with van der Waals surface area (Å²) in [6.07, 6.45) is 4.31. The van der Waals surface area contributed by atoms with Crippen molar-refractivity contribution in [3.63, 3.8) is 0 Å². The van der Waals surface area contributed by atoms with Gasteiger partial charge in [-0.3, -0.25) is 9.29 Å². The number of ether oxygens (including phenoxy) is 3. The van der Waals surface area contributed by atoms with E-state index in [-0.39, 0.29) is 17.6 Å². The number of hydrogen-bond donors (Lipinski definition) is 1. The van der Waals surface area contributed by atoms with Gasteiger partial charge in [-0.2, -0.15) is 0 Å². The fraction of sp³-hybridized carbons (Fsp3) is 0.400. The molecule has 3 heterocycles. The molecule has 5 rings (SSSR count). The standard InChI is InChI=1S/C25H29N7O6S/c1-14-12-26-23(27-13-14)22(37-5)15(2)39(33,34)31-25-29-28-24(17-11-20(38-30-17)16-9-10-16)32(25)21-18(35-3)7-6-8-19(21)36-4/h6-8,11-13,15-16,22H,9-10H2,1-5H3,(H,29,31)/t15?,22-/m0/s1. The van der Waals surface area contributed by atoms with Gasteiger partial charge in [0.25, 0.3) is 0 Å². The predicted molar refractivity (Wildman–Crippen MR) is 140 cm³/mol. The topological polar surface area (TPSA) is 156 Å². The lowest BCUT2D eigenvalue weighted by molar-refractivity contribution is 0.0949. The summed E-state index contributed by atoms with van der Waals surface area (Å²) in [4.78, 5) is 8.51. The van der Waals surface area contributed by atoms with Gasteiger partial charge in [-0.25, -0.2) is 18.4 Å². The second-order valence-corrected chi connectivity index (χ2v) is 11.2. The van der Waals surface area contributed by atoms with Gasteiger partial charge in [0, 0.05) is 31.5 Å². The molecule has 3 aromatic heterocycles. The summed E-state index contributed by atoms with van der Waals surface area (Å²) in [7, 11) is 0.282. The van der Waals surface area contributed by atoms with E-state index in [1.165, 1.54) is 32.8 Å². The summed E-state index contributed by atoms with van der Waals surface area (Å²) in [5, 5.41) is 11.5. The average Bonchev–Trinajstić information content (AvgIpc) is 3.53. The number of sulfonamides is 1. The van der Waals surface area contributed by atoms with Crippen LogP contribution in [0, 0.1) is 6.92 Å². The van der Waals surface area contributed by atoms with Gasteiger partial charge in [-0.15, -0.1) is 10.2 Å². The SMILES string of the molecule is COc1cccc(OC)c1-n1c(NS(=O)(=O)C(C)[C@H](OC)c2ncc(C)cn2)nnc1-c1cc(C2CC2)on1. The summed E-state index contributed by atoms with van der Waals surface area (Å²) >= 11 is 0. The zero-order chi connectivity index (χ0) is 27.7. The molecule has 4 aromatic rings. The largest absolute Gasteiger partial charge is 0.494 e. The van der Waals surface area contributed by atoms with Crippen molar-refractivity contribution in [2.75, 3.05) is 26.1 Å². The highest BCUT2D eigenvalue weighted by Crippen LogP contribution is 2.42. The molecule has 206 valence electrons. The van der Waals surface area contributed by atoms with Crippen LogP contribution < -0.4 is 14.2 Å². The van der Waals surface area contributed by atoms with E-state index in [4.69, 9.17) is 18.7 Å². The van der Waals surface area contributed by atoms with Gasteiger partial charge in [-0.05, 0) is 44.4 Å². The van der Waals surface area contributed by atoms with Gasteiger partial charge in [0.15, 0.2) is 17.3 Å². The quantitative estimate of drug-likeness (QED) is 0.289. The Balaban J connectivity index is 1.59. The Morgan fingerprint density at radius 1 is 1.08 bits per heavy atom. The number of nitrogens with zero attached hydrogens (tertiary/aromatic N) is 6. The highest BCUT2D eigenvalue weighted by molar-refractivity contribution is 7.93. The molecule has 2 atom stereocenters. The smallest absolute Gasteiger partial charge is 0.243 e. The van der Waals surface area contributed by atoms with E-state index in [0.717, 1.165) is 24.2 Å². The first kappa shape index (κ1) is 26.6. The van der Waals surface area contributed by atoms with E-state index in [9.17, 15) is 8.42 Å². The second kappa shape index (κ2) is 10.6. The van der Waals surface area contributed by atoms with Crippen molar-refractivity contribution in [2.24, 2.45) is 0 Å². The molecule has 1 N–H and O–H groups in total. The van der Waals surface area contributed by atoms with Crippen molar-refractivity contribution in [3.05, 3.63) is 53.8 Å². The van der Waals surface area contributed by atoms with Crippen LogP contribution in [0.3, 0.4) is 0 Å². The molecule has 39 heavy (non-hydrogen) atoms. The number of aryl methyl sites for hydroxylation is 1. The first-order valence-corrected chi connectivity index (χ1v) is 13.8. The fourth-order valence-electron chi connectivity index (χ4n) is 4.17. The molecule has 13 nitrogen and oxygen atoms in total. The van der Waals surface area contributed by atoms with Gasteiger partial charge < -0.3 is 18.7 Å². The average molecular weight is 556 g/mol. The van der Waals surface area contributed by atoms with Gasteiger partial charge in [0.1, 0.15) is 34.3 Å². The maximum atomic E-state index is 13.7. The van der Waals surface area contributed by atoms with Crippen molar-refractivity contribution in [3.8, 4) is 28.7 Å². The maximum Gasteiger partial charge on any atom is 0.243 e. The van der Waals surface area contributed by atoms with Gasteiger partial charge in [0.05, 0.1) is 14.2 Å². The Labute approximate surface area is 225 Å². The van der Waals surface area contributed by atoms with Crippen molar-refractivity contribution in [1.82, 2.24) is 29.9 Å². The lowest BCUT2D eigenvalue weighted by Crippen LogP contribution is -2.33. The zero-order valence-electron chi connectivity index (χ0n) is 22.2. The van der Waals surface area contributed by atoms with E-state index in [0.29, 0.717) is 28.8 Å². The Morgan fingerprint density at radius 3 is 2.33 bits per heavy atom. The second-order valence-electron chi connectivity index (χ2n) is 9.21. The third-order valence-electron chi connectivity index (χ3n) is 6.48. The Kier molecular flexibility index (Phi) is 7.23. The molecule has 0 saturated heterocycles. The lowest BCUT2D eigenvalue weighted by atomic mass is 10.2. The molecule has 0 bridgehead atoms. The molecular formula is C25H29N7O6S. The van der Waals surface area contributed by atoms with E-state index in [2.05, 4.69) is 30.0 Å². The number of para-hydroxylation sites is 1. The number of nitrogens with one attached hydrogen (secondary N) is 1. The predicted octanol–water partition coefficient (Wildman–Crippen LogP) is 3.43. The van der Waals surface area contributed by atoms with Crippen LogP contribution in [0.2, 0.25) is 0 Å². The van der Waals surface area contributed by atoms with Gasteiger partial charge in [-0.1, -0.05) is 11.2 Å². The number of aromatic nitrogens is 6. The van der Waals surface area contributed by atoms with E-state index in [1.54, 1.807) is 36.7 Å². The third kappa shape index (κ3) is 5.16. The van der Waals surface area contributed by atoms with Gasteiger partial charge >= 0.3 is 0 Å². The molecule has 1 saturated carbocycles.